The van der Waals surface area contributed by atoms with Gasteiger partial charge in [0.05, 0.1) is 16.8 Å². The molecule has 0 aliphatic heterocycles. The maximum absolute atomic E-state index is 13.4. The first-order valence-corrected chi connectivity index (χ1v) is 11.4. The highest BCUT2D eigenvalue weighted by Crippen LogP contribution is 2.28. The van der Waals surface area contributed by atoms with E-state index in [0.29, 0.717) is 10.6 Å². The van der Waals surface area contributed by atoms with Gasteiger partial charge in [0.25, 0.3) is 5.91 Å². The van der Waals surface area contributed by atoms with E-state index in [1.54, 1.807) is 0 Å². The van der Waals surface area contributed by atoms with E-state index in [-0.39, 0.29) is 5.91 Å². The fraction of sp³-hybridized carbons (Fsp3) is 0.154. The first-order valence-electron chi connectivity index (χ1n) is 10.3. The molecule has 5 heteroatoms. The first kappa shape index (κ1) is 21.5. The number of hydrogen-bond acceptors (Lipinski definition) is 2. The Kier molecular flexibility index (Phi) is 6.40. The van der Waals surface area contributed by atoms with Gasteiger partial charge in [-0.15, -0.1) is 0 Å². The zero-order valence-corrected chi connectivity index (χ0v) is 19.7. The van der Waals surface area contributed by atoms with Crippen molar-refractivity contribution >= 4 is 50.0 Å². The van der Waals surface area contributed by atoms with Crippen molar-refractivity contribution in [3.63, 3.8) is 0 Å². The molecule has 0 saturated carbocycles. The van der Waals surface area contributed by atoms with Gasteiger partial charge in [-0.25, -0.2) is 4.98 Å². The number of rotatable bonds is 5. The molecular weight excluding hydrogens is 472 g/mol. The number of hydrogen-bond donors (Lipinski definition) is 1. The van der Waals surface area contributed by atoms with Gasteiger partial charge >= 0.3 is 0 Å². The highest BCUT2D eigenvalue weighted by atomic mass is 79.9. The number of carbonyl (C=O) groups is 1. The van der Waals surface area contributed by atoms with Crippen molar-refractivity contribution < 1.29 is 4.79 Å². The monoisotopic (exact) mass is 492 g/mol. The maximum atomic E-state index is 13.4. The van der Waals surface area contributed by atoms with E-state index in [4.69, 9.17) is 16.6 Å². The number of halogens is 2. The van der Waals surface area contributed by atoms with Crippen molar-refractivity contribution in [1.82, 2.24) is 4.98 Å². The molecule has 4 rings (SSSR count). The Balaban J connectivity index is 1.84. The van der Waals surface area contributed by atoms with Gasteiger partial charge in [-0.1, -0.05) is 59.6 Å². The molecule has 1 aromatic heterocycles. The molecule has 3 nitrogen and oxygen atoms in total. The van der Waals surface area contributed by atoms with Gasteiger partial charge in [-0.2, -0.15) is 0 Å². The SMILES string of the molecule is CCc1ccc2nc(-c3ccc(Cl)cc3)cc(C(=O)Nc3ccc(Br)cc3CC)c2c1. The zero-order valence-electron chi connectivity index (χ0n) is 17.4. The third-order valence-corrected chi connectivity index (χ3v) is 6.11. The van der Waals surface area contributed by atoms with Crippen molar-refractivity contribution in [2.75, 3.05) is 5.32 Å². The highest BCUT2D eigenvalue weighted by Gasteiger charge is 2.16. The minimum Gasteiger partial charge on any atom is -0.322 e. The van der Waals surface area contributed by atoms with E-state index in [9.17, 15) is 4.79 Å². The van der Waals surface area contributed by atoms with Gasteiger partial charge in [0.15, 0.2) is 0 Å². The van der Waals surface area contributed by atoms with E-state index in [0.717, 1.165) is 50.7 Å². The summed E-state index contributed by atoms with van der Waals surface area (Å²) < 4.78 is 0.995. The molecule has 31 heavy (non-hydrogen) atoms. The molecule has 0 aliphatic rings. The Morgan fingerprint density at radius 2 is 1.74 bits per heavy atom. The predicted molar refractivity (Wildman–Crippen MR) is 133 cm³/mol. The number of amides is 1. The molecule has 1 amide bonds. The van der Waals surface area contributed by atoms with Gasteiger partial charge in [0, 0.05) is 26.1 Å². The second-order valence-corrected chi connectivity index (χ2v) is 8.73. The summed E-state index contributed by atoms with van der Waals surface area (Å²) in [5, 5.41) is 4.63. The number of nitrogens with zero attached hydrogens (tertiary/aromatic N) is 1. The molecule has 1 N–H and O–H groups in total. The number of anilines is 1. The molecule has 4 aromatic rings. The van der Waals surface area contributed by atoms with Gasteiger partial charge < -0.3 is 5.32 Å². The number of pyridine rings is 1. The van der Waals surface area contributed by atoms with Crippen molar-refractivity contribution in [2.24, 2.45) is 0 Å². The van der Waals surface area contributed by atoms with Crippen LogP contribution in [0.5, 0.6) is 0 Å². The van der Waals surface area contributed by atoms with Crippen molar-refractivity contribution in [2.45, 2.75) is 26.7 Å². The summed E-state index contributed by atoms with van der Waals surface area (Å²) in [4.78, 5) is 18.3. The van der Waals surface area contributed by atoms with Crippen LogP contribution in [0.1, 0.15) is 35.3 Å². The first-order chi connectivity index (χ1) is 15.0. The second-order valence-electron chi connectivity index (χ2n) is 7.38. The van der Waals surface area contributed by atoms with E-state index in [1.807, 2.05) is 54.6 Å². The van der Waals surface area contributed by atoms with E-state index >= 15 is 0 Å². The third kappa shape index (κ3) is 4.65. The Bertz CT molecular complexity index is 1270. The van der Waals surface area contributed by atoms with Crippen molar-refractivity contribution in [1.29, 1.82) is 0 Å². The number of benzene rings is 3. The molecule has 0 saturated heterocycles. The lowest BCUT2D eigenvalue weighted by Gasteiger charge is -2.14. The summed E-state index contributed by atoms with van der Waals surface area (Å²) in [6.45, 7) is 4.18. The van der Waals surface area contributed by atoms with Crippen molar-refractivity contribution in [3.8, 4) is 11.3 Å². The quantitative estimate of drug-likeness (QED) is 0.309. The molecule has 0 spiro atoms. The fourth-order valence-corrected chi connectivity index (χ4v) is 4.15. The lowest BCUT2D eigenvalue weighted by atomic mass is 10.0. The van der Waals surface area contributed by atoms with Crippen molar-refractivity contribution in [3.05, 3.63) is 92.9 Å². The summed E-state index contributed by atoms with van der Waals surface area (Å²) in [5.74, 6) is -0.145. The molecule has 0 bridgehead atoms. The lowest BCUT2D eigenvalue weighted by molar-refractivity contribution is 0.102. The minimum atomic E-state index is -0.145. The van der Waals surface area contributed by atoms with Gasteiger partial charge in [-0.05, 0) is 72.5 Å². The van der Waals surface area contributed by atoms with Crippen LogP contribution in [0.25, 0.3) is 22.2 Å². The van der Waals surface area contributed by atoms with Crippen LogP contribution in [0, 0.1) is 0 Å². The molecule has 3 aromatic carbocycles. The summed E-state index contributed by atoms with van der Waals surface area (Å²) in [6.07, 6.45) is 1.71. The van der Waals surface area contributed by atoms with Crippen LogP contribution in [0.4, 0.5) is 5.69 Å². The Morgan fingerprint density at radius 1 is 0.968 bits per heavy atom. The predicted octanol–water partition coefficient (Wildman–Crippen LogP) is 7.69. The van der Waals surface area contributed by atoms with Crippen LogP contribution in [0.3, 0.4) is 0 Å². The van der Waals surface area contributed by atoms with E-state index in [1.165, 1.54) is 5.56 Å². The lowest BCUT2D eigenvalue weighted by Crippen LogP contribution is -2.14. The molecule has 0 radical (unpaired) electrons. The van der Waals surface area contributed by atoms with E-state index < -0.39 is 0 Å². The van der Waals surface area contributed by atoms with Gasteiger partial charge in [0.1, 0.15) is 0 Å². The highest BCUT2D eigenvalue weighted by molar-refractivity contribution is 9.10. The standard InChI is InChI=1S/C26H22BrClN2O/c1-3-16-5-11-24-21(13-16)22(15-25(29-24)18-6-9-20(28)10-7-18)26(31)30-23-12-8-19(27)14-17(23)4-2/h5-15H,3-4H2,1-2H3,(H,30,31). The van der Waals surface area contributed by atoms with Gasteiger partial charge in [0.2, 0.25) is 0 Å². The average molecular weight is 494 g/mol. The molecule has 0 unspecified atom stereocenters. The van der Waals surface area contributed by atoms with Crippen LogP contribution in [0.2, 0.25) is 5.02 Å². The molecule has 1 heterocycles. The number of carbonyl (C=O) groups excluding carboxylic acids is 1. The minimum absolute atomic E-state index is 0.145. The Morgan fingerprint density at radius 3 is 2.45 bits per heavy atom. The number of nitrogens with one attached hydrogen (secondary N) is 1. The van der Waals surface area contributed by atoms with Gasteiger partial charge in [-0.3, -0.25) is 4.79 Å². The van der Waals surface area contributed by atoms with Crippen LogP contribution in [-0.4, -0.2) is 10.9 Å². The smallest absolute Gasteiger partial charge is 0.256 e. The molecule has 156 valence electrons. The number of fused-ring (bicyclic) bond motifs is 1. The van der Waals surface area contributed by atoms with Crippen LogP contribution in [0.15, 0.2) is 71.2 Å². The zero-order chi connectivity index (χ0) is 22.0. The average Bonchev–Trinajstić information content (AvgIpc) is 2.79. The number of aromatic nitrogens is 1. The van der Waals surface area contributed by atoms with E-state index in [2.05, 4.69) is 47.2 Å². The maximum Gasteiger partial charge on any atom is 0.256 e. The van der Waals surface area contributed by atoms with Crippen LogP contribution >= 0.6 is 27.5 Å². The topological polar surface area (TPSA) is 42.0 Å². The summed E-state index contributed by atoms with van der Waals surface area (Å²) in [5.41, 5.74) is 6.12. The molecular formula is C26H22BrClN2O. The summed E-state index contributed by atoms with van der Waals surface area (Å²) in [6, 6.07) is 21.4. The fourth-order valence-electron chi connectivity index (χ4n) is 3.62. The molecule has 0 atom stereocenters. The molecule has 0 fully saturated rings. The Hall–Kier alpha value is -2.69. The third-order valence-electron chi connectivity index (χ3n) is 5.36. The number of aryl methyl sites for hydroxylation is 2. The van der Waals surface area contributed by atoms with Crippen LogP contribution in [-0.2, 0) is 12.8 Å². The molecule has 0 aliphatic carbocycles. The normalized spacial score (nSPS) is 11.0. The second kappa shape index (κ2) is 9.21. The summed E-state index contributed by atoms with van der Waals surface area (Å²) >= 11 is 9.56. The Labute approximate surface area is 195 Å². The summed E-state index contributed by atoms with van der Waals surface area (Å²) in [7, 11) is 0. The largest absolute Gasteiger partial charge is 0.322 e. The van der Waals surface area contributed by atoms with Crippen LogP contribution < -0.4 is 5.32 Å².